The van der Waals surface area contributed by atoms with Gasteiger partial charge >= 0.3 is 0 Å². The predicted octanol–water partition coefficient (Wildman–Crippen LogP) is 5.22. The number of ketones is 3. The number of pyridine rings is 1. The highest BCUT2D eigenvalue weighted by Gasteiger charge is 2.42. The first-order chi connectivity index (χ1) is 18.6. The van der Waals surface area contributed by atoms with Gasteiger partial charge in [-0.15, -0.1) is 0 Å². The zero-order valence-corrected chi connectivity index (χ0v) is 23.4. The number of Topliss-reactive ketones (excluding diaryl/α,β-unsaturated/α-hetero) is 3. The molecule has 4 aromatic rings. The van der Waals surface area contributed by atoms with E-state index in [0.29, 0.717) is 27.0 Å². The summed E-state index contributed by atoms with van der Waals surface area (Å²) >= 11 is 3.30. The average molecular weight is 592 g/mol. The van der Waals surface area contributed by atoms with E-state index >= 15 is 0 Å². The van der Waals surface area contributed by atoms with E-state index in [1.165, 1.54) is 11.6 Å². The molecule has 1 aromatic carbocycles. The quantitative estimate of drug-likeness (QED) is 0.204. The molecule has 1 saturated carbocycles. The zero-order chi connectivity index (χ0) is 27.8. The second-order valence-electron chi connectivity index (χ2n) is 10.1. The number of carbonyl (C=O) groups is 3. The summed E-state index contributed by atoms with van der Waals surface area (Å²) in [5.74, 6) is -1.54. The number of fused-ring (bicyclic) bond motifs is 1. The van der Waals surface area contributed by atoms with Crippen LogP contribution in [0.4, 0.5) is 4.39 Å². The van der Waals surface area contributed by atoms with E-state index in [0.717, 1.165) is 16.7 Å². The van der Waals surface area contributed by atoms with Crippen LogP contribution in [0, 0.1) is 25.7 Å². The SMILES string of the molecule is CC(=O)c1nn(CC(=O)C2C[C@H](F)C[C@H]2C(=O)Cc2cccc(Br)n2)c2c(C)cc(-c3cnc(C)nc3)cc12. The van der Waals surface area contributed by atoms with Crippen molar-refractivity contribution in [1.82, 2.24) is 24.7 Å². The second-order valence-corrected chi connectivity index (χ2v) is 10.9. The van der Waals surface area contributed by atoms with Crippen LogP contribution in [0.15, 0.2) is 47.3 Å². The maximum Gasteiger partial charge on any atom is 0.180 e. The van der Waals surface area contributed by atoms with Gasteiger partial charge in [0.1, 0.15) is 34.6 Å². The van der Waals surface area contributed by atoms with Crippen LogP contribution in [-0.2, 0) is 22.6 Å². The topological polar surface area (TPSA) is 108 Å². The standard InChI is InChI=1S/C29H27BrFN5O3/c1-15-7-18(19-12-32-17(3)33-13-19)8-24-28(16(2)37)35-36(29(15)24)14-26(39)23-10-20(31)9-22(23)25(38)11-21-5-4-6-27(30)34-21/h4-8,12-13,20,22-23H,9-11,14H2,1-3H3/t20-,22-,23?/m1/s1. The fourth-order valence-electron chi connectivity index (χ4n) is 5.42. The lowest BCUT2D eigenvalue weighted by Crippen LogP contribution is -2.29. The van der Waals surface area contributed by atoms with E-state index in [1.54, 1.807) is 37.5 Å². The summed E-state index contributed by atoms with van der Waals surface area (Å²) in [5.41, 5.74) is 3.91. The maximum atomic E-state index is 14.5. The molecule has 0 N–H and O–H groups in total. The van der Waals surface area contributed by atoms with Gasteiger partial charge in [0.2, 0.25) is 0 Å². The highest BCUT2D eigenvalue weighted by molar-refractivity contribution is 9.10. The largest absolute Gasteiger partial charge is 0.299 e. The van der Waals surface area contributed by atoms with Crippen LogP contribution in [-0.4, -0.2) is 48.3 Å². The molecule has 3 aromatic heterocycles. The Morgan fingerprint density at radius 3 is 2.38 bits per heavy atom. The molecule has 0 saturated heterocycles. The van der Waals surface area contributed by atoms with Crippen molar-refractivity contribution in [3.8, 4) is 11.1 Å². The van der Waals surface area contributed by atoms with Gasteiger partial charge in [-0.2, -0.15) is 5.10 Å². The molecule has 5 rings (SSSR count). The molecule has 0 bridgehead atoms. The molecule has 200 valence electrons. The third-order valence-electron chi connectivity index (χ3n) is 7.25. The minimum atomic E-state index is -1.23. The van der Waals surface area contributed by atoms with E-state index in [2.05, 4.69) is 36.0 Å². The molecule has 10 heteroatoms. The van der Waals surface area contributed by atoms with Crippen molar-refractivity contribution < 1.29 is 18.8 Å². The average Bonchev–Trinajstić information content (AvgIpc) is 3.45. The Morgan fingerprint density at radius 2 is 1.72 bits per heavy atom. The lowest BCUT2D eigenvalue weighted by molar-refractivity contribution is -0.131. The lowest BCUT2D eigenvalue weighted by Gasteiger charge is -2.17. The second kappa shape index (κ2) is 10.8. The van der Waals surface area contributed by atoms with Gasteiger partial charge in [-0.3, -0.25) is 19.1 Å². The number of carbonyl (C=O) groups excluding carboxylic acids is 3. The summed E-state index contributed by atoms with van der Waals surface area (Å²) in [5, 5.41) is 5.12. The smallest absolute Gasteiger partial charge is 0.180 e. The minimum absolute atomic E-state index is 0.00350. The van der Waals surface area contributed by atoms with Crippen molar-refractivity contribution in [2.75, 3.05) is 0 Å². The van der Waals surface area contributed by atoms with Crippen molar-refractivity contribution in [3.63, 3.8) is 0 Å². The highest BCUT2D eigenvalue weighted by Crippen LogP contribution is 2.37. The van der Waals surface area contributed by atoms with Crippen LogP contribution in [0.5, 0.6) is 0 Å². The van der Waals surface area contributed by atoms with Gasteiger partial charge < -0.3 is 0 Å². The van der Waals surface area contributed by atoms with Crippen molar-refractivity contribution in [2.24, 2.45) is 11.8 Å². The van der Waals surface area contributed by atoms with Crippen LogP contribution in [0.3, 0.4) is 0 Å². The maximum absolute atomic E-state index is 14.5. The fraction of sp³-hybridized carbons (Fsp3) is 0.345. The Labute approximate surface area is 233 Å². The molecule has 1 unspecified atom stereocenters. The Balaban J connectivity index is 1.44. The molecule has 0 amide bonds. The molecule has 0 radical (unpaired) electrons. The van der Waals surface area contributed by atoms with Crippen molar-refractivity contribution in [3.05, 3.63) is 70.1 Å². The zero-order valence-electron chi connectivity index (χ0n) is 21.8. The van der Waals surface area contributed by atoms with E-state index in [-0.39, 0.29) is 48.9 Å². The van der Waals surface area contributed by atoms with Crippen molar-refractivity contribution in [2.45, 2.75) is 52.8 Å². The van der Waals surface area contributed by atoms with Gasteiger partial charge in [-0.25, -0.2) is 19.3 Å². The van der Waals surface area contributed by atoms with Crippen molar-refractivity contribution in [1.29, 1.82) is 0 Å². The van der Waals surface area contributed by atoms with Crippen molar-refractivity contribution >= 4 is 44.2 Å². The lowest BCUT2D eigenvalue weighted by atomic mass is 9.86. The fourth-order valence-corrected chi connectivity index (χ4v) is 5.80. The predicted molar refractivity (Wildman–Crippen MR) is 147 cm³/mol. The summed E-state index contributed by atoms with van der Waals surface area (Å²) in [6.07, 6.45) is 2.26. The van der Waals surface area contributed by atoms with Crippen LogP contribution in [0.25, 0.3) is 22.0 Å². The number of rotatable bonds is 8. The van der Waals surface area contributed by atoms with Crippen LogP contribution in [0.2, 0.25) is 0 Å². The van der Waals surface area contributed by atoms with E-state index in [9.17, 15) is 18.8 Å². The molecule has 0 aliphatic heterocycles. The third kappa shape index (κ3) is 5.56. The summed E-state index contributed by atoms with van der Waals surface area (Å²) in [7, 11) is 0. The molecule has 3 heterocycles. The number of hydrogen-bond acceptors (Lipinski definition) is 7. The number of halogens is 2. The van der Waals surface area contributed by atoms with Gasteiger partial charge in [-0.1, -0.05) is 6.07 Å². The number of alkyl halides is 1. The summed E-state index contributed by atoms with van der Waals surface area (Å²) in [6, 6.07) is 9.07. The first kappa shape index (κ1) is 26.9. The molecule has 0 spiro atoms. The normalized spacial score (nSPS) is 18.9. The Kier molecular flexibility index (Phi) is 7.48. The van der Waals surface area contributed by atoms with Gasteiger partial charge in [-0.05, 0) is 78.0 Å². The molecule has 1 aliphatic carbocycles. The minimum Gasteiger partial charge on any atom is -0.299 e. The van der Waals surface area contributed by atoms with E-state index in [4.69, 9.17) is 0 Å². The number of aryl methyl sites for hydroxylation is 2. The van der Waals surface area contributed by atoms with Gasteiger partial charge in [0, 0.05) is 54.2 Å². The molecular formula is C29H27BrFN5O3. The summed E-state index contributed by atoms with van der Waals surface area (Å²) in [6.45, 7) is 4.96. The monoisotopic (exact) mass is 591 g/mol. The highest BCUT2D eigenvalue weighted by atomic mass is 79.9. The molecule has 1 fully saturated rings. The number of nitrogens with zero attached hydrogens (tertiary/aromatic N) is 5. The van der Waals surface area contributed by atoms with Crippen LogP contribution < -0.4 is 0 Å². The van der Waals surface area contributed by atoms with E-state index in [1.807, 2.05) is 19.1 Å². The molecule has 39 heavy (non-hydrogen) atoms. The Bertz CT molecular complexity index is 1600. The van der Waals surface area contributed by atoms with Gasteiger partial charge in [0.25, 0.3) is 0 Å². The van der Waals surface area contributed by atoms with Crippen LogP contribution >= 0.6 is 15.9 Å². The first-order valence-corrected chi connectivity index (χ1v) is 13.5. The molecular weight excluding hydrogens is 565 g/mol. The summed E-state index contributed by atoms with van der Waals surface area (Å²) < 4.78 is 16.7. The van der Waals surface area contributed by atoms with Gasteiger partial charge in [0.05, 0.1) is 5.52 Å². The van der Waals surface area contributed by atoms with E-state index < -0.39 is 18.0 Å². The van der Waals surface area contributed by atoms with Crippen LogP contribution in [0.1, 0.15) is 47.3 Å². The number of benzene rings is 1. The Morgan fingerprint density at radius 1 is 1.03 bits per heavy atom. The molecule has 1 aliphatic rings. The van der Waals surface area contributed by atoms with Gasteiger partial charge in [0.15, 0.2) is 11.6 Å². The molecule has 8 nitrogen and oxygen atoms in total. The third-order valence-corrected chi connectivity index (χ3v) is 7.69. The molecule has 3 atom stereocenters. The first-order valence-electron chi connectivity index (χ1n) is 12.7. The number of aromatic nitrogens is 5. The number of hydrogen-bond donors (Lipinski definition) is 0. The summed E-state index contributed by atoms with van der Waals surface area (Å²) in [4.78, 5) is 52.0. The Hall–Kier alpha value is -3.66.